The maximum atomic E-state index is 10.3. The van der Waals surface area contributed by atoms with Gasteiger partial charge in [-0.1, -0.05) is 0 Å². The molecule has 37 heavy (non-hydrogen) atoms. The number of hydrogen-bond donors (Lipinski definition) is 8. The fourth-order valence-electron chi connectivity index (χ4n) is 1.58. The molecule has 1 saturated heterocycles. The van der Waals surface area contributed by atoms with Crippen LogP contribution in [-0.4, -0.2) is 114 Å². The summed E-state index contributed by atoms with van der Waals surface area (Å²) < 4.78 is 12.7. The summed E-state index contributed by atoms with van der Waals surface area (Å²) in [5.74, 6) is -9.58. The number of methoxy groups -OCH3 is 1. The van der Waals surface area contributed by atoms with Crippen LogP contribution < -0.4 is 0 Å². The summed E-state index contributed by atoms with van der Waals surface area (Å²) in [5, 5.41) is 60.6. The SMILES string of the molecule is COC(C(=O)O)C(C)C(=O)O.O=C(O)/C=C\C(=O)O.O=C(O)C1OC1C(=O)O.O=C1C=CC(=O)O1.OO. The van der Waals surface area contributed by atoms with Gasteiger partial charge in [-0.3, -0.25) is 15.3 Å². The Labute approximate surface area is 204 Å². The zero-order valence-electron chi connectivity index (χ0n) is 18.7. The minimum absolute atomic E-state index is 0.558. The van der Waals surface area contributed by atoms with Gasteiger partial charge in [-0.2, -0.15) is 0 Å². The standard InChI is InChI=1S/C6H10O5.C4H4O5.C4H4O4.C4H2O3.H2O2/c1-3(5(7)8)4(11-2)6(9)10;5-3(6)1-2(9-1)4(7)8;5-3(6)1-2-4(7)8;5-3-1-2-4(6)7-3;1-2/h3-4H,1-2H3,(H,7,8)(H,9,10);1-2H,(H,5,6)(H,7,8);1-2H,(H,5,6)(H,7,8);1-2H;1-2H/b;;2-1-;;. The summed E-state index contributed by atoms with van der Waals surface area (Å²) in [5.41, 5.74) is 0. The first-order valence-corrected chi connectivity index (χ1v) is 8.92. The van der Waals surface area contributed by atoms with Crippen molar-refractivity contribution in [3.8, 4) is 0 Å². The molecule has 4 atom stereocenters. The Balaban J connectivity index is -0.000000411. The molecule has 1 fully saturated rings. The molecule has 208 valence electrons. The van der Waals surface area contributed by atoms with Gasteiger partial charge in [-0.25, -0.2) is 33.6 Å². The van der Waals surface area contributed by atoms with Crippen molar-refractivity contribution in [3.63, 3.8) is 0 Å². The molecule has 0 aromatic carbocycles. The van der Waals surface area contributed by atoms with Crippen molar-refractivity contribution in [1.29, 1.82) is 0 Å². The highest BCUT2D eigenvalue weighted by molar-refractivity contribution is 6.04. The Morgan fingerprint density at radius 1 is 0.784 bits per heavy atom. The Morgan fingerprint density at radius 2 is 1.14 bits per heavy atom. The van der Waals surface area contributed by atoms with Crippen LogP contribution in [0, 0.1) is 5.92 Å². The molecule has 2 heterocycles. The van der Waals surface area contributed by atoms with Gasteiger partial charge in [0.05, 0.1) is 5.92 Å². The van der Waals surface area contributed by atoms with E-state index in [1.165, 1.54) is 6.92 Å². The van der Waals surface area contributed by atoms with Crippen LogP contribution in [0.4, 0.5) is 0 Å². The number of carbonyl (C=O) groups excluding carboxylic acids is 2. The van der Waals surface area contributed by atoms with Gasteiger partial charge in [0.15, 0.2) is 18.3 Å². The summed E-state index contributed by atoms with van der Waals surface area (Å²) in [6.07, 6.45) is -0.229. The zero-order valence-corrected chi connectivity index (χ0v) is 18.7. The number of aliphatic carboxylic acids is 6. The van der Waals surface area contributed by atoms with E-state index in [0.29, 0.717) is 12.2 Å². The van der Waals surface area contributed by atoms with E-state index in [4.69, 9.17) is 41.2 Å². The maximum absolute atomic E-state index is 10.3. The highest BCUT2D eigenvalue weighted by atomic mass is 17.0. The third-order valence-electron chi connectivity index (χ3n) is 3.24. The summed E-state index contributed by atoms with van der Waals surface area (Å²) in [7, 11) is 1.16. The van der Waals surface area contributed by atoms with Crippen molar-refractivity contribution in [2.45, 2.75) is 25.2 Å². The second-order valence-corrected chi connectivity index (χ2v) is 5.86. The Morgan fingerprint density at radius 3 is 1.24 bits per heavy atom. The van der Waals surface area contributed by atoms with Crippen molar-refractivity contribution < 1.29 is 93.7 Å². The fraction of sp³-hybridized carbons (Fsp3) is 0.333. The van der Waals surface area contributed by atoms with E-state index in [-0.39, 0.29) is 0 Å². The van der Waals surface area contributed by atoms with Crippen LogP contribution in [0.25, 0.3) is 0 Å². The molecule has 2 rings (SSSR count). The molecule has 0 aromatic heterocycles. The lowest BCUT2D eigenvalue weighted by atomic mass is 10.1. The number of hydrogen-bond acceptors (Lipinski definition) is 13. The Bertz CT molecular complexity index is 851. The van der Waals surface area contributed by atoms with Crippen LogP contribution in [0.2, 0.25) is 0 Å². The predicted octanol–water partition coefficient (Wildman–Crippen LogP) is -1.92. The lowest BCUT2D eigenvalue weighted by Gasteiger charge is -2.13. The molecule has 0 amide bonds. The van der Waals surface area contributed by atoms with E-state index in [1.54, 1.807) is 0 Å². The van der Waals surface area contributed by atoms with Crippen LogP contribution >= 0.6 is 0 Å². The van der Waals surface area contributed by atoms with E-state index in [2.05, 4.69) is 14.2 Å². The topological polar surface area (TPSA) is 329 Å². The molecular formula is C18H22O19. The molecule has 0 saturated carbocycles. The van der Waals surface area contributed by atoms with Gasteiger partial charge in [0.2, 0.25) is 0 Å². The Hall–Kier alpha value is -4.72. The molecule has 4 unspecified atom stereocenters. The third-order valence-corrected chi connectivity index (χ3v) is 3.24. The van der Waals surface area contributed by atoms with Crippen LogP contribution in [0.15, 0.2) is 24.3 Å². The van der Waals surface area contributed by atoms with Gasteiger partial charge < -0.3 is 44.8 Å². The lowest BCUT2D eigenvalue weighted by molar-refractivity contribution is -0.176. The molecule has 0 aliphatic carbocycles. The van der Waals surface area contributed by atoms with Gasteiger partial charge >= 0.3 is 47.8 Å². The number of ether oxygens (including phenoxy) is 3. The molecule has 19 nitrogen and oxygen atoms in total. The number of carboxylic acids is 6. The fourth-order valence-corrected chi connectivity index (χ4v) is 1.58. The first-order valence-electron chi connectivity index (χ1n) is 8.92. The van der Waals surface area contributed by atoms with Gasteiger partial charge in [0.1, 0.15) is 0 Å². The minimum atomic E-state index is -1.27. The van der Waals surface area contributed by atoms with Crippen LogP contribution in [0.1, 0.15) is 6.92 Å². The van der Waals surface area contributed by atoms with Crippen LogP contribution in [0.3, 0.4) is 0 Å². The first-order chi connectivity index (χ1) is 17.0. The average Bonchev–Trinajstić information content (AvgIpc) is 3.53. The molecule has 0 spiro atoms. The van der Waals surface area contributed by atoms with E-state index >= 15 is 0 Å². The van der Waals surface area contributed by atoms with E-state index in [9.17, 15) is 38.4 Å². The van der Waals surface area contributed by atoms with Crippen molar-refractivity contribution in [3.05, 3.63) is 24.3 Å². The Kier molecular flexibility index (Phi) is 19.5. The van der Waals surface area contributed by atoms with E-state index < -0.39 is 72.0 Å². The van der Waals surface area contributed by atoms with Gasteiger partial charge in [-0.15, -0.1) is 0 Å². The van der Waals surface area contributed by atoms with Gasteiger partial charge in [0, 0.05) is 31.4 Å². The summed E-state index contributed by atoms with van der Waals surface area (Å²) in [6.45, 7) is 1.28. The normalized spacial score (nSPS) is 17.8. The van der Waals surface area contributed by atoms with E-state index in [1.807, 2.05) is 0 Å². The number of esters is 2. The monoisotopic (exact) mass is 542 g/mol. The molecular weight excluding hydrogens is 520 g/mol. The second-order valence-electron chi connectivity index (χ2n) is 5.86. The summed E-state index contributed by atoms with van der Waals surface area (Å²) >= 11 is 0. The second kappa shape index (κ2) is 19.6. The van der Waals surface area contributed by atoms with E-state index in [0.717, 1.165) is 19.3 Å². The number of cyclic esters (lactones) is 2. The highest BCUT2D eigenvalue weighted by Crippen LogP contribution is 2.21. The largest absolute Gasteiger partial charge is 0.481 e. The quantitative estimate of drug-likeness (QED) is 0.0413. The molecule has 19 heteroatoms. The molecule has 0 bridgehead atoms. The molecule has 2 aliphatic rings. The molecule has 8 N–H and O–H groups in total. The van der Waals surface area contributed by atoms with Crippen molar-refractivity contribution in [2.24, 2.45) is 5.92 Å². The number of epoxide rings is 1. The maximum Gasteiger partial charge on any atom is 0.338 e. The minimum Gasteiger partial charge on any atom is -0.481 e. The molecule has 0 aromatic rings. The number of carboxylic acid groups (broad SMARTS) is 6. The highest BCUT2D eigenvalue weighted by Gasteiger charge is 2.51. The van der Waals surface area contributed by atoms with Gasteiger partial charge in [0.25, 0.3) is 0 Å². The van der Waals surface area contributed by atoms with Crippen molar-refractivity contribution >= 4 is 47.8 Å². The molecule has 2 aliphatic heterocycles. The van der Waals surface area contributed by atoms with Crippen molar-refractivity contribution in [2.75, 3.05) is 7.11 Å². The zero-order chi connectivity index (χ0) is 29.9. The van der Waals surface area contributed by atoms with Crippen LogP contribution in [-0.2, 0) is 52.6 Å². The summed E-state index contributed by atoms with van der Waals surface area (Å²) in [4.78, 5) is 79.3. The predicted molar refractivity (Wildman–Crippen MR) is 109 cm³/mol. The smallest absolute Gasteiger partial charge is 0.338 e. The van der Waals surface area contributed by atoms with Crippen LogP contribution in [0.5, 0.6) is 0 Å². The lowest BCUT2D eigenvalue weighted by Crippen LogP contribution is -2.34. The number of carbonyl (C=O) groups is 8. The van der Waals surface area contributed by atoms with Crippen molar-refractivity contribution in [1.82, 2.24) is 0 Å². The average molecular weight is 542 g/mol. The third kappa shape index (κ3) is 19.3. The van der Waals surface area contributed by atoms with Gasteiger partial charge in [-0.05, 0) is 6.92 Å². The molecule has 0 radical (unpaired) electrons. The first kappa shape index (κ1) is 36.8. The number of rotatable bonds is 8. The summed E-state index contributed by atoms with van der Waals surface area (Å²) in [6, 6.07) is 0.